The van der Waals surface area contributed by atoms with Crippen LogP contribution in [0.4, 0.5) is 0 Å². The summed E-state index contributed by atoms with van der Waals surface area (Å²) >= 11 is 0. The predicted molar refractivity (Wildman–Crippen MR) is 79.7 cm³/mol. The Kier molecular flexibility index (Phi) is 5.65. The Labute approximate surface area is 126 Å². The van der Waals surface area contributed by atoms with Crippen molar-refractivity contribution in [1.82, 2.24) is 0 Å². The number of carbonyl (C=O) groups is 2. The number of aliphatic carboxylic acids is 2. The zero-order valence-corrected chi connectivity index (χ0v) is 12.9. The van der Waals surface area contributed by atoms with Crippen LogP contribution in [0, 0.1) is 29.6 Å². The fourth-order valence-electron chi connectivity index (χ4n) is 4.41. The van der Waals surface area contributed by atoms with Gasteiger partial charge in [-0.15, -0.1) is 0 Å². The Morgan fingerprint density at radius 2 is 1.19 bits per heavy atom. The average molecular weight is 295 g/mol. The molecular weight excluding hydrogens is 268 g/mol. The molecule has 0 spiro atoms. The highest BCUT2D eigenvalue weighted by molar-refractivity contribution is 5.70. The molecule has 2 N–H and O–H groups in total. The third-order valence-corrected chi connectivity index (χ3v) is 5.50. The lowest BCUT2D eigenvalue weighted by molar-refractivity contribution is -0.143. The summed E-state index contributed by atoms with van der Waals surface area (Å²) in [6.45, 7) is 2.14. The Balaban J connectivity index is 2.01. The molecule has 2 rings (SSSR count). The topological polar surface area (TPSA) is 74.6 Å². The van der Waals surface area contributed by atoms with Gasteiger partial charge in [-0.2, -0.15) is 0 Å². The fraction of sp³-hybridized carbons (Fsp3) is 0.824. The third-order valence-electron chi connectivity index (χ3n) is 5.50. The molecule has 0 heterocycles. The first-order chi connectivity index (χ1) is 10.0. The van der Waals surface area contributed by atoms with Crippen LogP contribution < -0.4 is 0 Å². The van der Waals surface area contributed by atoms with E-state index in [2.05, 4.69) is 6.92 Å². The van der Waals surface area contributed by atoms with Gasteiger partial charge in [-0.05, 0) is 62.7 Å². The fourth-order valence-corrected chi connectivity index (χ4v) is 4.41. The molecule has 1 radical (unpaired) electrons. The minimum absolute atomic E-state index is 0.204. The zero-order valence-electron chi connectivity index (χ0n) is 12.9. The third kappa shape index (κ3) is 3.98. The Morgan fingerprint density at radius 3 is 1.52 bits per heavy atom. The highest BCUT2D eigenvalue weighted by Gasteiger charge is 2.38. The van der Waals surface area contributed by atoms with Gasteiger partial charge < -0.3 is 10.2 Å². The molecule has 4 heteroatoms. The van der Waals surface area contributed by atoms with E-state index in [0.29, 0.717) is 11.8 Å². The van der Waals surface area contributed by atoms with Crippen LogP contribution in [0.2, 0.25) is 0 Å². The van der Waals surface area contributed by atoms with Gasteiger partial charge in [-0.3, -0.25) is 9.59 Å². The van der Waals surface area contributed by atoms with Crippen LogP contribution in [0.3, 0.4) is 0 Å². The lowest BCUT2D eigenvalue weighted by atomic mass is 9.65. The SMILES string of the molecule is CC[C](C1CCCC(C(=O)O)C1)C1CCCC(C(=O)O)C1. The summed E-state index contributed by atoms with van der Waals surface area (Å²) in [5.74, 6) is 0.495. The normalized spacial score (nSPS) is 33.8. The summed E-state index contributed by atoms with van der Waals surface area (Å²) in [6, 6.07) is 0. The molecule has 0 aromatic carbocycles. The second kappa shape index (κ2) is 7.28. The maximum Gasteiger partial charge on any atom is 0.306 e. The van der Waals surface area contributed by atoms with Crippen molar-refractivity contribution in [2.24, 2.45) is 23.7 Å². The first-order valence-corrected chi connectivity index (χ1v) is 8.34. The van der Waals surface area contributed by atoms with Crippen molar-refractivity contribution >= 4 is 11.9 Å². The molecule has 2 saturated carbocycles. The van der Waals surface area contributed by atoms with Crippen LogP contribution in [0.1, 0.15) is 64.7 Å². The molecule has 119 valence electrons. The van der Waals surface area contributed by atoms with Crippen molar-refractivity contribution in [2.45, 2.75) is 64.7 Å². The standard InChI is InChI=1S/C17H27O4/c1-2-15(11-5-3-7-13(9-11)16(18)19)12-6-4-8-14(10-12)17(20)21/h11-14H,2-10H2,1H3,(H,18,19)(H,20,21). The van der Waals surface area contributed by atoms with Gasteiger partial charge in [0.05, 0.1) is 11.8 Å². The summed E-state index contributed by atoms with van der Waals surface area (Å²) in [4.78, 5) is 22.5. The van der Waals surface area contributed by atoms with Crippen LogP contribution in [0.15, 0.2) is 0 Å². The van der Waals surface area contributed by atoms with Crippen molar-refractivity contribution in [1.29, 1.82) is 0 Å². The van der Waals surface area contributed by atoms with E-state index in [4.69, 9.17) is 0 Å². The van der Waals surface area contributed by atoms with E-state index in [1.54, 1.807) is 0 Å². The van der Waals surface area contributed by atoms with E-state index in [-0.39, 0.29) is 11.8 Å². The molecule has 2 aliphatic rings. The molecule has 21 heavy (non-hydrogen) atoms. The van der Waals surface area contributed by atoms with Gasteiger partial charge in [0.25, 0.3) is 0 Å². The lowest BCUT2D eigenvalue weighted by Crippen LogP contribution is -2.33. The highest BCUT2D eigenvalue weighted by Crippen LogP contribution is 2.45. The molecule has 0 aromatic heterocycles. The van der Waals surface area contributed by atoms with E-state index in [9.17, 15) is 19.8 Å². The van der Waals surface area contributed by atoms with Crippen molar-refractivity contribution in [3.05, 3.63) is 5.92 Å². The molecule has 0 bridgehead atoms. The van der Waals surface area contributed by atoms with Gasteiger partial charge in [0.15, 0.2) is 0 Å². The van der Waals surface area contributed by atoms with Crippen molar-refractivity contribution in [3.63, 3.8) is 0 Å². The molecule has 4 nitrogen and oxygen atoms in total. The summed E-state index contributed by atoms with van der Waals surface area (Å²) in [7, 11) is 0. The molecule has 2 aliphatic carbocycles. The van der Waals surface area contributed by atoms with Crippen molar-refractivity contribution < 1.29 is 19.8 Å². The van der Waals surface area contributed by atoms with E-state index in [1.807, 2.05) is 0 Å². The second-order valence-electron chi connectivity index (χ2n) is 6.73. The Morgan fingerprint density at radius 1 is 0.810 bits per heavy atom. The van der Waals surface area contributed by atoms with Gasteiger partial charge in [0.2, 0.25) is 0 Å². The second-order valence-corrected chi connectivity index (χ2v) is 6.73. The van der Waals surface area contributed by atoms with Crippen LogP contribution >= 0.6 is 0 Å². The van der Waals surface area contributed by atoms with Gasteiger partial charge in [0, 0.05) is 0 Å². The number of carboxylic acids is 2. The van der Waals surface area contributed by atoms with E-state index >= 15 is 0 Å². The monoisotopic (exact) mass is 295 g/mol. The maximum absolute atomic E-state index is 11.2. The molecule has 0 amide bonds. The number of hydrogen-bond donors (Lipinski definition) is 2. The predicted octanol–water partition coefficient (Wildman–Crippen LogP) is 3.75. The summed E-state index contributed by atoms with van der Waals surface area (Å²) < 4.78 is 0. The molecule has 0 aliphatic heterocycles. The lowest BCUT2D eigenvalue weighted by Gasteiger charge is -2.39. The quantitative estimate of drug-likeness (QED) is 0.810. The minimum atomic E-state index is -0.665. The largest absolute Gasteiger partial charge is 0.481 e. The first kappa shape index (κ1) is 16.3. The smallest absolute Gasteiger partial charge is 0.306 e. The van der Waals surface area contributed by atoms with Crippen LogP contribution in [0.25, 0.3) is 0 Å². The molecular formula is C17H27O4. The molecule has 4 atom stereocenters. The Bertz CT molecular complexity index is 345. The maximum atomic E-state index is 11.2. The average Bonchev–Trinajstić information content (AvgIpc) is 2.48. The Hall–Kier alpha value is -1.06. The zero-order chi connectivity index (χ0) is 15.4. The number of hydrogen-bond acceptors (Lipinski definition) is 2. The van der Waals surface area contributed by atoms with Crippen molar-refractivity contribution in [3.8, 4) is 0 Å². The van der Waals surface area contributed by atoms with Crippen molar-refractivity contribution in [2.75, 3.05) is 0 Å². The molecule has 2 fully saturated rings. The molecule has 0 aromatic rings. The van der Waals surface area contributed by atoms with Crippen LogP contribution in [0.5, 0.6) is 0 Å². The summed E-state index contributed by atoms with van der Waals surface area (Å²) in [6.07, 6.45) is 8.22. The summed E-state index contributed by atoms with van der Waals surface area (Å²) in [5.41, 5.74) is 0. The van der Waals surface area contributed by atoms with Crippen LogP contribution in [-0.4, -0.2) is 22.2 Å². The van der Waals surface area contributed by atoms with Gasteiger partial charge in [-0.25, -0.2) is 0 Å². The number of carboxylic acid groups (broad SMARTS) is 2. The van der Waals surface area contributed by atoms with Gasteiger partial charge >= 0.3 is 11.9 Å². The van der Waals surface area contributed by atoms with Gasteiger partial charge in [0.1, 0.15) is 0 Å². The summed E-state index contributed by atoms with van der Waals surface area (Å²) in [5, 5.41) is 18.5. The van der Waals surface area contributed by atoms with E-state index in [0.717, 1.165) is 57.8 Å². The van der Waals surface area contributed by atoms with E-state index in [1.165, 1.54) is 5.92 Å². The first-order valence-electron chi connectivity index (χ1n) is 8.34. The van der Waals surface area contributed by atoms with E-state index < -0.39 is 11.9 Å². The number of rotatable bonds is 5. The van der Waals surface area contributed by atoms with Gasteiger partial charge in [-0.1, -0.05) is 19.8 Å². The van der Waals surface area contributed by atoms with Crippen LogP contribution in [-0.2, 0) is 9.59 Å². The molecule has 4 unspecified atom stereocenters. The highest BCUT2D eigenvalue weighted by atomic mass is 16.4. The molecule has 0 saturated heterocycles. The minimum Gasteiger partial charge on any atom is -0.481 e.